The molecule has 2 aromatic carbocycles. The number of benzene rings is 2. The van der Waals surface area contributed by atoms with E-state index >= 15 is 0 Å². The van der Waals surface area contributed by atoms with Crippen LogP contribution in [-0.4, -0.2) is 41.3 Å². The number of carbonyl (C=O) groups is 2. The van der Waals surface area contributed by atoms with Gasteiger partial charge in [0.05, 0.1) is 17.5 Å². The van der Waals surface area contributed by atoms with Crippen molar-refractivity contribution in [2.24, 2.45) is 0 Å². The van der Waals surface area contributed by atoms with Crippen molar-refractivity contribution < 1.29 is 14.5 Å². The van der Waals surface area contributed by atoms with Crippen LogP contribution in [0.15, 0.2) is 36.4 Å². The van der Waals surface area contributed by atoms with Crippen LogP contribution in [0.1, 0.15) is 23.6 Å². The molecular formula is C21H26N4O4. The molecule has 0 saturated carbocycles. The van der Waals surface area contributed by atoms with Gasteiger partial charge in [0.15, 0.2) is 0 Å². The van der Waals surface area contributed by atoms with Gasteiger partial charge >= 0.3 is 0 Å². The van der Waals surface area contributed by atoms with Crippen molar-refractivity contribution in [1.29, 1.82) is 0 Å². The highest BCUT2D eigenvalue weighted by molar-refractivity contribution is 5.98. The zero-order chi connectivity index (χ0) is 21.7. The molecule has 0 saturated heterocycles. The highest BCUT2D eigenvalue weighted by Crippen LogP contribution is 2.24. The average Bonchev–Trinajstić information content (AvgIpc) is 2.64. The molecule has 1 atom stereocenters. The summed E-state index contributed by atoms with van der Waals surface area (Å²) in [7, 11) is 1.65. The summed E-state index contributed by atoms with van der Waals surface area (Å²) < 4.78 is 0. The monoisotopic (exact) mass is 398 g/mol. The molecule has 0 spiro atoms. The molecular weight excluding hydrogens is 372 g/mol. The van der Waals surface area contributed by atoms with Crippen LogP contribution < -0.4 is 10.6 Å². The first-order valence-corrected chi connectivity index (χ1v) is 9.22. The number of nitrogens with zero attached hydrogens (tertiary/aromatic N) is 2. The Morgan fingerprint density at radius 3 is 2.28 bits per heavy atom. The predicted molar refractivity (Wildman–Crippen MR) is 113 cm³/mol. The first kappa shape index (κ1) is 22.0. The maximum absolute atomic E-state index is 12.5. The molecule has 0 aliphatic carbocycles. The van der Waals surface area contributed by atoms with E-state index < -0.39 is 16.9 Å². The Bertz CT molecular complexity index is 919. The summed E-state index contributed by atoms with van der Waals surface area (Å²) >= 11 is 0. The maximum atomic E-state index is 12.5. The number of para-hydroxylation sites is 2. The molecule has 0 aromatic heterocycles. The molecule has 1 unspecified atom stereocenters. The topological polar surface area (TPSA) is 105 Å². The number of nitro groups is 1. The van der Waals surface area contributed by atoms with E-state index in [2.05, 4.69) is 10.6 Å². The summed E-state index contributed by atoms with van der Waals surface area (Å²) in [5, 5.41) is 16.6. The van der Waals surface area contributed by atoms with Crippen molar-refractivity contribution in [3.05, 3.63) is 63.2 Å². The molecule has 0 bridgehead atoms. The van der Waals surface area contributed by atoms with Gasteiger partial charge in [-0.2, -0.15) is 0 Å². The first-order chi connectivity index (χ1) is 13.6. The van der Waals surface area contributed by atoms with Gasteiger partial charge in [0, 0.05) is 11.8 Å². The molecule has 0 heterocycles. The average molecular weight is 398 g/mol. The second-order valence-corrected chi connectivity index (χ2v) is 7.18. The van der Waals surface area contributed by atoms with Gasteiger partial charge in [-0.05, 0) is 51.9 Å². The zero-order valence-electron chi connectivity index (χ0n) is 17.3. The van der Waals surface area contributed by atoms with Crippen molar-refractivity contribution in [2.75, 3.05) is 24.2 Å². The Morgan fingerprint density at radius 1 is 1.10 bits per heavy atom. The number of nitrogens with one attached hydrogen (secondary N) is 2. The fourth-order valence-electron chi connectivity index (χ4n) is 3.10. The van der Waals surface area contributed by atoms with E-state index in [4.69, 9.17) is 0 Å². The van der Waals surface area contributed by atoms with Crippen molar-refractivity contribution in [3.63, 3.8) is 0 Å². The van der Waals surface area contributed by atoms with Crippen LogP contribution in [0.4, 0.5) is 17.1 Å². The highest BCUT2D eigenvalue weighted by Gasteiger charge is 2.23. The lowest BCUT2D eigenvalue weighted by atomic mass is 10.1. The Morgan fingerprint density at radius 2 is 1.69 bits per heavy atom. The van der Waals surface area contributed by atoms with Gasteiger partial charge < -0.3 is 10.6 Å². The lowest BCUT2D eigenvalue weighted by molar-refractivity contribution is -0.383. The SMILES string of the molecule is Cc1cc(C)c(NC(=O)CN(C)C(C)C(=O)Nc2ccccc2[N+](=O)[O-])c(C)c1. The summed E-state index contributed by atoms with van der Waals surface area (Å²) in [6.45, 7) is 7.50. The fourth-order valence-corrected chi connectivity index (χ4v) is 3.10. The summed E-state index contributed by atoms with van der Waals surface area (Å²) in [4.78, 5) is 37.1. The van der Waals surface area contributed by atoms with Gasteiger partial charge in [0.1, 0.15) is 5.69 Å². The van der Waals surface area contributed by atoms with Crippen molar-refractivity contribution in [1.82, 2.24) is 4.90 Å². The number of carbonyl (C=O) groups excluding carboxylic acids is 2. The number of nitro benzene ring substituents is 1. The summed E-state index contributed by atoms with van der Waals surface area (Å²) in [5.41, 5.74) is 3.78. The zero-order valence-corrected chi connectivity index (χ0v) is 17.3. The smallest absolute Gasteiger partial charge is 0.292 e. The number of amides is 2. The number of likely N-dealkylation sites (N-methyl/N-ethyl adjacent to an activating group) is 1. The van der Waals surface area contributed by atoms with Crippen LogP contribution >= 0.6 is 0 Å². The minimum Gasteiger partial charge on any atom is -0.324 e. The Balaban J connectivity index is 2.01. The van der Waals surface area contributed by atoms with Crippen LogP contribution in [0.5, 0.6) is 0 Å². The van der Waals surface area contributed by atoms with E-state index in [1.807, 2.05) is 32.9 Å². The van der Waals surface area contributed by atoms with Crippen LogP contribution in [0.2, 0.25) is 0 Å². The van der Waals surface area contributed by atoms with Gasteiger partial charge in [-0.25, -0.2) is 0 Å². The molecule has 2 N–H and O–H groups in total. The van der Waals surface area contributed by atoms with E-state index in [1.165, 1.54) is 18.2 Å². The number of aryl methyl sites for hydroxylation is 3. The van der Waals surface area contributed by atoms with Gasteiger partial charge in [-0.1, -0.05) is 29.8 Å². The Kier molecular flexibility index (Phi) is 7.06. The first-order valence-electron chi connectivity index (χ1n) is 9.22. The minimum atomic E-state index is -0.666. The molecule has 0 aliphatic heterocycles. The van der Waals surface area contributed by atoms with Gasteiger partial charge in [-0.15, -0.1) is 0 Å². The molecule has 8 heteroatoms. The molecule has 2 rings (SSSR count). The van der Waals surface area contributed by atoms with E-state index in [1.54, 1.807) is 24.9 Å². The maximum Gasteiger partial charge on any atom is 0.292 e. The molecule has 0 aliphatic rings. The van der Waals surface area contributed by atoms with Crippen molar-refractivity contribution in [2.45, 2.75) is 33.7 Å². The molecule has 0 radical (unpaired) electrons. The van der Waals surface area contributed by atoms with Crippen molar-refractivity contribution in [3.8, 4) is 0 Å². The Labute approximate surface area is 170 Å². The Hall–Kier alpha value is -3.26. The van der Waals surface area contributed by atoms with E-state index in [9.17, 15) is 19.7 Å². The fraction of sp³-hybridized carbons (Fsp3) is 0.333. The molecule has 2 aromatic rings. The molecule has 2 amide bonds. The molecule has 154 valence electrons. The van der Waals surface area contributed by atoms with Crippen LogP contribution in [0, 0.1) is 30.9 Å². The van der Waals surface area contributed by atoms with Crippen LogP contribution in [0.25, 0.3) is 0 Å². The third kappa shape index (κ3) is 5.61. The molecule has 29 heavy (non-hydrogen) atoms. The second kappa shape index (κ2) is 9.29. The third-order valence-corrected chi connectivity index (χ3v) is 4.73. The second-order valence-electron chi connectivity index (χ2n) is 7.18. The molecule has 0 fully saturated rings. The van der Waals surface area contributed by atoms with E-state index in [0.29, 0.717) is 0 Å². The molecule has 8 nitrogen and oxygen atoms in total. The van der Waals surface area contributed by atoms with Crippen molar-refractivity contribution >= 4 is 28.9 Å². The highest BCUT2D eigenvalue weighted by atomic mass is 16.6. The third-order valence-electron chi connectivity index (χ3n) is 4.73. The predicted octanol–water partition coefficient (Wildman–Crippen LogP) is 3.42. The van der Waals surface area contributed by atoms with Crippen LogP contribution in [-0.2, 0) is 9.59 Å². The number of anilines is 2. The van der Waals surface area contributed by atoms with Gasteiger partial charge in [0.2, 0.25) is 11.8 Å². The number of hydrogen-bond acceptors (Lipinski definition) is 5. The van der Waals surface area contributed by atoms with E-state index in [-0.39, 0.29) is 23.8 Å². The lowest BCUT2D eigenvalue weighted by Gasteiger charge is -2.23. The normalized spacial score (nSPS) is 11.8. The number of hydrogen-bond donors (Lipinski definition) is 2. The minimum absolute atomic E-state index is 0.00176. The largest absolute Gasteiger partial charge is 0.324 e. The lowest BCUT2D eigenvalue weighted by Crippen LogP contribution is -2.43. The van der Waals surface area contributed by atoms with Gasteiger partial charge in [-0.3, -0.25) is 24.6 Å². The summed E-state index contributed by atoms with van der Waals surface area (Å²) in [5.74, 6) is -0.676. The standard InChI is InChI=1S/C21H26N4O4/c1-13-10-14(2)20(15(3)11-13)23-19(26)12-24(5)16(4)21(27)22-17-8-6-7-9-18(17)25(28)29/h6-11,16H,12H2,1-5H3,(H,22,27)(H,23,26). The number of rotatable bonds is 7. The summed E-state index contributed by atoms with van der Waals surface area (Å²) in [6, 6.07) is 9.26. The quantitative estimate of drug-likeness (QED) is 0.549. The van der Waals surface area contributed by atoms with Crippen LogP contribution in [0.3, 0.4) is 0 Å². The van der Waals surface area contributed by atoms with Gasteiger partial charge in [0.25, 0.3) is 5.69 Å². The summed E-state index contributed by atoms with van der Waals surface area (Å²) in [6.07, 6.45) is 0. The van der Waals surface area contributed by atoms with E-state index in [0.717, 1.165) is 22.4 Å².